The van der Waals surface area contributed by atoms with Crippen LogP contribution in [-0.2, 0) is 4.74 Å². The van der Waals surface area contributed by atoms with Crippen molar-refractivity contribution in [2.45, 2.75) is 31.9 Å². The molecule has 0 spiro atoms. The second kappa shape index (κ2) is 7.85. The lowest BCUT2D eigenvalue weighted by molar-refractivity contribution is -0.0461. The first-order chi connectivity index (χ1) is 11.7. The summed E-state index contributed by atoms with van der Waals surface area (Å²) < 4.78 is 16.6. The van der Waals surface area contributed by atoms with Crippen molar-refractivity contribution in [2.24, 2.45) is 0 Å². The monoisotopic (exact) mass is 334 g/mol. The number of fused-ring (bicyclic) bond motifs is 1. The molecule has 2 unspecified atom stereocenters. The summed E-state index contributed by atoms with van der Waals surface area (Å²) in [4.78, 5) is 14.8. The summed E-state index contributed by atoms with van der Waals surface area (Å²) >= 11 is 0. The van der Waals surface area contributed by atoms with Gasteiger partial charge in [-0.15, -0.1) is 0 Å². The number of hydrogen-bond acceptors (Lipinski definition) is 5. The number of ether oxygens (including phenoxy) is 3. The molecule has 3 rings (SSSR count). The first-order valence-electron chi connectivity index (χ1n) is 8.66. The minimum Gasteiger partial charge on any atom is -0.493 e. The molecule has 0 saturated carbocycles. The van der Waals surface area contributed by atoms with Crippen LogP contribution in [0.1, 0.15) is 30.1 Å². The summed E-state index contributed by atoms with van der Waals surface area (Å²) in [6, 6.07) is 5.80. The van der Waals surface area contributed by atoms with Gasteiger partial charge in [-0.1, -0.05) is 0 Å². The van der Waals surface area contributed by atoms with Gasteiger partial charge in [0.25, 0.3) is 5.91 Å². The highest BCUT2D eigenvalue weighted by atomic mass is 16.5. The van der Waals surface area contributed by atoms with Crippen molar-refractivity contribution in [3.05, 3.63) is 23.8 Å². The minimum atomic E-state index is -0.122. The van der Waals surface area contributed by atoms with E-state index in [0.717, 1.165) is 19.7 Å². The third-order valence-corrected chi connectivity index (χ3v) is 4.68. The van der Waals surface area contributed by atoms with Crippen LogP contribution >= 0.6 is 0 Å². The van der Waals surface area contributed by atoms with Gasteiger partial charge >= 0.3 is 0 Å². The molecule has 0 bridgehead atoms. The predicted molar refractivity (Wildman–Crippen MR) is 90.8 cm³/mol. The quantitative estimate of drug-likeness (QED) is 0.858. The number of nitrogens with one attached hydrogen (secondary N) is 1. The average Bonchev–Trinajstić information content (AvgIpc) is 3.08. The third kappa shape index (κ3) is 3.82. The Hall–Kier alpha value is -1.79. The van der Waals surface area contributed by atoms with Crippen LogP contribution in [0.25, 0.3) is 0 Å². The van der Waals surface area contributed by atoms with E-state index in [0.29, 0.717) is 36.3 Å². The summed E-state index contributed by atoms with van der Waals surface area (Å²) in [7, 11) is 1.57. The largest absolute Gasteiger partial charge is 0.493 e. The Balaban J connectivity index is 1.55. The Labute approximate surface area is 143 Å². The van der Waals surface area contributed by atoms with E-state index in [1.54, 1.807) is 25.3 Å². The van der Waals surface area contributed by atoms with E-state index in [9.17, 15) is 4.79 Å². The Bertz CT molecular complexity index is 578. The van der Waals surface area contributed by atoms with E-state index in [1.165, 1.54) is 12.8 Å². The summed E-state index contributed by atoms with van der Waals surface area (Å²) in [6.45, 7) is 5.81. The van der Waals surface area contributed by atoms with Gasteiger partial charge in [-0.05, 0) is 44.5 Å². The summed E-state index contributed by atoms with van der Waals surface area (Å²) in [5, 5.41) is 2.96. The standard InChI is InChI=1S/C18H26N2O4/c1-3-23-16-7-6-13(9-17(16)22-2)18(21)19-10-15-11-20-8-4-5-14(20)12-24-15/h6-7,9,14-15H,3-5,8,10-12H2,1-2H3,(H,19,21). The van der Waals surface area contributed by atoms with Gasteiger partial charge in [-0.25, -0.2) is 0 Å². The van der Waals surface area contributed by atoms with Gasteiger partial charge in [-0.2, -0.15) is 0 Å². The molecule has 2 saturated heterocycles. The van der Waals surface area contributed by atoms with Crippen molar-refractivity contribution >= 4 is 5.91 Å². The summed E-state index contributed by atoms with van der Waals surface area (Å²) in [5.41, 5.74) is 0.560. The predicted octanol–water partition coefficient (Wildman–Crippen LogP) is 1.69. The Morgan fingerprint density at radius 2 is 2.29 bits per heavy atom. The van der Waals surface area contributed by atoms with E-state index in [1.807, 2.05) is 6.92 Å². The first-order valence-corrected chi connectivity index (χ1v) is 8.66. The number of carbonyl (C=O) groups excluding carboxylic acids is 1. The molecule has 2 aliphatic rings. The highest BCUT2D eigenvalue weighted by molar-refractivity contribution is 5.94. The van der Waals surface area contributed by atoms with Gasteiger partial charge in [-0.3, -0.25) is 9.69 Å². The number of morpholine rings is 1. The van der Waals surface area contributed by atoms with Crippen molar-refractivity contribution in [3.8, 4) is 11.5 Å². The fourth-order valence-electron chi connectivity index (χ4n) is 3.40. The molecule has 1 aromatic rings. The van der Waals surface area contributed by atoms with Crippen molar-refractivity contribution in [3.63, 3.8) is 0 Å². The number of methoxy groups -OCH3 is 1. The molecule has 1 aromatic carbocycles. The Kier molecular flexibility index (Phi) is 5.58. The second-order valence-corrected chi connectivity index (χ2v) is 6.26. The Morgan fingerprint density at radius 1 is 1.42 bits per heavy atom. The van der Waals surface area contributed by atoms with Crippen molar-refractivity contribution in [1.82, 2.24) is 10.2 Å². The highest BCUT2D eigenvalue weighted by Gasteiger charge is 2.32. The molecule has 1 N–H and O–H groups in total. The van der Waals surface area contributed by atoms with E-state index >= 15 is 0 Å². The van der Waals surface area contributed by atoms with Gasteiger partial charge in [0.2, 0.25) is 0 Å². The van der Waals surface area contributed by atoms with Crippen LogP contribution in [-0.4, -0.2) is 62.9 Å². The van der Waals surface area contributed by atoms with Crippen LogP contribution in [0.4, 0.5) is 0 Å². The molecule has 24 heavy (non-hydrogen) atoms. The number of amides is 1. The van der Waals surface area contributed by atoms with Crippen LogP contribution in [0.5, 0.6) is 11.5 Å². The number of hydrogen-bond donors (Lipinski definition) is 1. The van der Waals surface area contributed by atoms with E-state index in [4.69, 9.17) is 14.2 Å². The fourth-order valence-corrected chi connectivity index (χ4v) is 3.40. The van der Waals surface area contributed by atoms with E-state index < -0.39 is 0 Å². The van der Waals surface area contributed by atoms with Crippen LogP contribution < -0.4 is 14.8 Å². The van der Waals surface area contributed by atoms with E-state index in [-0.39, 0.29) is 12.0 Å². The topological polar surface area (TPSA) is 60.0 Å². The fraction of sp³-hybridized carbons (Fsp3) is 0.611. The van der Waals surface area contributed by atoms with Gasteiger partial charge in [0, 0.05) is 24.7 Å². The molecule has 0 aromatic heterocycles. The normalized spacial score (nSPS) is 23.6. The SMILES string of the molecule is CCOc1ccc(C(=O)NCC2CN3CCCC3CO2)cc1OC. The maximum absolute atomic E-state index is 12.4. The molecule has 0 radical (unpaired) electrons. The third-order valence-electron chi connectivity index (χ3n) is 4.68. The van der Waals surface area contributed by atoms with Crippen molar-refractivity contribution < 1.29 is 19.0 Å². The molecule has 2 heterocycles. The molecular formula is C18H26N2O4. The maximum Gasteiger partial charge on any atom is 0.251 e. The lowest BCUT2D eigenvalue weighted by Crippen LogP contribution is -2.50. The summed E-state index contributed by atoms with van der Waals surface area (Å²) in [6.07, 6.45) is 2.54. The molecule has 132 valence electrons. The van der Waals surface area contributed by atoms with Crippen molar-refractivity contribution in [2.75, 3.05) is 40.0 Å². The van der Waals surface area contributed by atoms with Crippen LogP contribution in [0, 0.1) is 0 Å². The van der Waals surface area contributed by atoms with Crippen molar-refractivity contribution in [1.29, 1.82) is 0 Å². The van der Waals surface area contributed by atoms with Crippen LogP contribution in [0.3, 0.4) is 0 Å². The number of rotatable bonds is 6. The molecule has 2 fully saturated rings. The number of carbonyl (C=O) groups is 1. The molecule has 2 atom stereocenters. The smallest absolute Gasteiger partial charge is 0.251 e. The van der Waals surface area contributed by atoms with E-state index in [2.05, 4.69) is 10.2 Å². The zero-order chi connectivity index (χ0) is 16.9. The second-order valence-electron chi connectivity index (χ2n) is 6.26. The lowest BCUT2D eigenvalue weighted by atomic mass is 10.1. The lowest BCUT2D eigenvalue weighted by Gasteiger charge is -2.35. The molecule has 6 nitrogen and oxygen atoms in total. The minimum absolute atomic E-state index is 0.0629. The average molecular weight is 334 g/mol. The summed E-state index contributed by atoms with van der Waals surface area (Å²) in [5.74, 6) is 1.09. The molecule has 1 amide bonds. The van der Waals surface area contributed by atoms with Gasteiger partial charge in [0.1, 0.15) is 0 Å². The van der Waals surface area contributed by atoms with Gasteiger partial charge < -0.3 is 19.5 Å². The zero-order valence-electron chi connectivity index (χ0n) is 14.4. The molecule has 0 aliphatic carbocycles. The Morgan fingerprint density at radius 3 is 3.08 bits per heavy atom. The van der Waals surface area contributed by atoms with Crippen LogP contribution in [0.2, 0.25) is 0 Å². The van der Waals surface area contributed by atoms with Gasteiger partial charge in [0.05, 0.1) is 26.4 Å². The number of nitrogens with zero attached hydrogens (tertiary/aromatic N) is 1. The molecular weight excluding hydrogens is 308 g/mol. The van der Waals surface area contributed by atoms with Crippen LogP contribution in [0.15, 0.2) is 18.2 Å². The molecule has 6 heteroatoms. The zero-order valence-corrected chi connectivity index (χ0v) is 14.4. The highest BCUT2D eigenvalue weighted by Crippen LogP contribution is 2.28. The number of benzene rings is 1. The van der Waals surface area contributed by atoms with Gasteiger partial charge in [0.15, 0.2) is 11.5 Å². The molecule has 2 aliphatic heterocycles. The first kappa shape index (κ1) is 17.0. The maximum atomic E-state index is 12.4.